The number of halogens is 1. The molecule has 2 aliphatic rings. The minimum atomic E-state index is -0.625. The number of carbonyl (C=O) groups excluding carboxylic acids is 2. The summed E-state index contributed by atoms with van der Waals surface area (Å²) >= 11 is 3.47. The zero-order valence-corrected chi connectivity index (χ0v) is 12.2. The van der Waals surface area contributed by atoms with Gasteiger partial charge < -0.3 is 9.47 Å². The molecule has 1 heterocycles. The Hall–Kier alpha value is -1.65. The third-order valence-electron chi connectivity index (χ3n) is 3.91. The predicted octanol–water partition coefficient (Wildman–Crippen LogP) is 3.10. The molecule has 0 saturated heterocycles. The van der Waals surface area contributed by atoms with Crippen molar-refractivity contribution in [1.82, 2.24) is 0 Å². The van der Waals surface area contributed by atoms with Gasteiger partial charge in [0.05, 0.1) is 5.56 Å². The molecular weight excluding hydrogens is 326 g/mol. The van der Waals surface area contributed by atoms with Crippen molar-refractivity contribution in [3.05, 3.63) is 21.7 Å². The molecule has 1 aromatic carbocycles. The number of ether oxygens (including phenoxy) is 2. The molecule has 1 aromatic rings. The monoisotopic (exact) mass is 337 g/mol. The number of hydrogen-bond donors (Lipinski definition) is 0. The van der Waals surface area contributed by atoms with E-state index >= 15 is 0 Å². The van der Waals surface area contributed by atoms with E-state index in [1.807, 2.05) is 0 Å². The summed E-state index contributed by atoms with van der Waals surface area (Å²) < 4.78 is 11.6. The van der Waals surface area contributed by atoms with Crippen molar-refractivity contribution in [2.45, 2.75) is 31.2 Å². The van der Waals surface area contributed by atoms with E-state index in [2.05, 4.69) is 20.9 Å². The molecule has 0 spiro atoms. The lowest BCUT2D eigenvalue weighted by atomic mass is 9.87. The fraction of sp³-hybridized carbons (Fsp3) is 0.429. The molecule has 0 bridgehead atoms. The number of benzene rings is 1. The fourth-order valence-corrected chi connectivity index (χ4v) is 3.84. The van der Waals surface area contributed by atoms with Crippen molar-refractivity contribution in [3.63, 3.8) is 0 Å². The maximum absolute atomic E-state index is 11.1. The quantitative estimate of drug-likeness (QED) is 0.483. The van der Waals surface area contributed by atoms with Crippen molar-refractivity contribution in [2.75, 3.05) is 6.79 Å². The second-order valence-electron chi connectivity index (χ2n) is 4.95. The average Bonchev–Trinajstić information content (AvgIpc) is 3.08. The van der Waals surface area contributed by atoms with Gasteiger partial charge in [0, 0.05) is 10.0 Å². The van der Waals surface area contributed by atoms with E-state index < -0.39 is 5.54 Å². The summed E-state index contributed by atoms with van der Waals surface area (Å²) in [6.07, 6.45) is 5.91. The second-order valence-corrected chi connectivity index (χ2v) is 5.80. The van der Waals surface area contributed by atoms with Crippen LogP contribution in [-0.4, -0.2) is 19.2 Å². The van der Waals surface area contributed by atoms with Crippen LogP contribution >= 0.6 is 15.9 Å². The van der Waals surface area contributed by atoms with Gasteiger partial charge in [0.15, 0.2) is 17.8 Å². The molecule has 1 saturated carbocycles. The number of nitrogens with zero attached hydrogens (tertiary/aromatic N) is 1. The van der Waals surface area contributed by atoms with Crippen LogP contribution in [0.3, 0.4) is 0 Å². The summed E-state index contributed by atoms with van der Waals surface area (Å²) in [7, 11) is 0. The maximum Gasteiger partial charge on any atom is 0.235 e. The zero-order chi connectivity index (χ0) is 14.2. The molecule has 0 unspecified atom stereocenters. The summed E-state index contributed by atoms with van der Waals surface area (Å²) in [6.45, 7) is 0.0700. The Balaban J connectivity index is 2.26. The van der Waals surface area contributed by atoms with E-state index in [1.54, 1.807) is 12.1 Å². The highest BCUT2D eigenvalue weighted by molar-refractivity contribution is 9.10. The lowest BCUT2D eigenvalue weighted by Crippen LogP contribution is -2.20. The second kappa shape index (κ2) is 5.04. The van der Waals surface area contributed by atoms with Crippen LogP contribution in [0.1, 0.15) is 41.6 Å². The smallest absolute Gasteiger partial charge is 0.235 e. The van der Waals surface area contributed by atoms with Crippen LogP contribution in [-0.2, 0) is 10.3 Å². The van der Waals surface area contributed by atoms with Gasteiger partial charge in [-0.15, -0.1) is 0 Å². The SMILES string of the molecule is O=C=NC1(c2c(Br)cc(C=O)c3c2OCO3)CCCC1. The van der Waals surface area contributed by atoms with Gasteiger partial charge in [0.2, 0.25) is 12.9 Å². The number of hydrogen-bond acceptors (Lipinski definition) is 5. The Bertz CT molecular complexity index is 616. The molecule has 1 aliphatic heterocycles. The van der Waals surface area contributed by atoms with E-state index in [1.165, 1.54) is 0 Å². The van der Waals surface area contributed by atoms with Gasteiger partial charge in [-0.25, -0.2) is 4.79 Å². The number of aldehydes is 1. The van der Waals surface area contributed by atoms with Crippen molar-refractivity contribution < 1.29 is 19.1 Å². The van der Waals surface area contributed by atoms with Gasteiger partial charge in [-0.2, -0.15) is 4.99 Å². The minimum Gasteiger partial charge on any atom is -0.453 e. The van der Waals surface area contributed by atoms with Crippen molar-refractivity contribution >= 4 is 28.3 Å². The molecule has 0 atom stereocenters. The molecule has 5 nitrogen and oxygen atoms in total. The highest BCUT2D eigenvalue weighted by Crippen LogP contribution is 2.53. The van der Waals surface area contributed by atoms with E-state index in [9.17, 15) is 9.59 Å². The number of fused-ring (bicyclic) bond motifs is 1. The lowest BCUT2D eigenvalue weighted by Gasteiger charge is -2.25. The summed E-state index contributed by atoms with van der Waals surface area (Å²) in [5.74, 6) is 0.952. The molecule has 3 rings (SSSR count). The van der Waals surface area contributed by atoms with Crippen LogP contribution in [0, 0.1) is 0 Å². The Morgan fingerprint density at radius 3 is 2.65 bits per heavy atom. The van der Waals surface area contributed by atoms with Crippen LogP contribution in [0.15, 0.2) is 15.5 Å². The van der Waals surface area contributed by atoms with E-state index in [-0.39, 0.29) is 6.79 Å². The highest BCUT2D eigenvalue weighted by Gasteiger charge is 2.42. The Morgan fingerprint density at radius 1 is 1.30 bits per heavy atom. The first-order valence-electron chi connectivity index (χ1n) is 6.38. The Labute approximate surface area is 124 Å². The summed E-state index contributed by atoms with van der Waals surface area (Å²) in [6, 6.07) is 1.69. The van der Waals surface area contributed by atoms with Crippen molar-refractivity contribution in [2.24, 2.45) is 4.99 Å². The van der Waals surface area contributed by atoms with Crippen LogP contribution in [0.4, 0.5) is 0 Å². The minimum absolute atomic E-state index is 0.0700. The highest BCUT2D eigenvalue weighted by atomic mass is 79.9. The third kappa shape index (κ3) is 1.87. The summed E-state index contributed by atoms with van der Waals surface area (Å²) in [4.78, 5) is 26.0. The average molecular weight is 338 g/mol. The lowest BCUT2D eigenvalue weighted by molar-refractivity contribution is 0.111. The predicted molar refractivity (Wildman–Crippen MR) is 73.9 cm³/mol. The Morgan fingerprint density at radius 2 is 2.00 bits per heavy atom. The third-order valence-corrected chi connectivity index (χ3v) is 4.53. The fourth-order valence-electron chi connectivity index (χ4n) is 3.05. The van der Waals surface area contributed by atoms with Gasteiger partial charge in [-0.1, -0.05) is 28.8 Å². The largest absolute Gasteiger partial charge is 0.453 e. The first-order chi connectivity index (χ1) is 9.72. The van der Waals surface area contributed by atoms with Crippen LogP contribution in [0.5, 0.6) is 11.5 Å². The van der Waals surface area contributed by atoms with Gasteiger partial charge in [0.1, 0.15) is 5.54 Å². The van der Waals surface area contributed by atoms with E-state index in [4.69, 9.17) is 9.47 Å². The van der Waals surface area contributed by atoms with Crippen LogP contribution < -0.4 is 9.47 Å². The van der Waals surface area contributed by atoms with Crippen molar-refractivity contribution in [3.8, 4) is 11.5 Å². The topological polar surface area (TPSA) is 65.0 Å². The number of rotatable bonds is 3. The molecule has 20 heavy (non-hydrogen) atoms. The molecular formula is C14H12BrNO4. The maximum atomic E-state index is 11.1. The molecule has 0 N–H and O–H groups in total. The van der Waals surface area contributed by atoms with E-state index in [0.717, 1.165) is 37.5 Å². The zero-order valence-electron chi connectivity index (χ0n) is 10.6. The molecule has 104 valence electrons. The normalized spacial score (nSPS) is 18.6. The molecule has 0 radical (unpaired) electrons. The van der Waals surface area contributed by atoms with Crippen LogP contribution in [0.2, 0.25) is 0 Å². The first-order valence-corrected chi connectivity index (χ1v) is 7.18. The van der Waals surface area contributed by atoms with Gasteiger partial charge in [-0.3, -0.25) is 4.79 Å². The molecule has 6 heteroatoms. The molecule has 0 aromatic heterocycles. The van der Waals surface area contributed by atoms with Gasteiger partial charge >= 0.3 is 0 Å². The number of isocyanates is 1. The van der Waals surface area contributed by atoms with Crippen molar-refractivity contribution in [1.29, 1.82) is 0 Å². The van der Waals surface area contributed by atoms with E-state index in [0.29, 0.717) is 21.5 Å². The summed E-state index contributed by atoms with van der Waals surface area (Å²) in [5.41, 5.74) is 0.590. The number of carbonyl (C=O) groups is 1. The Kier molecular flexibility index (Phi) is 3.36. The first kappa shape index (κ1) is 13.3. The molecule has 1 aliphatic carbocycles. The van der Waals surface area contributed by atoms with Gasteiger partial charge in [0.25, 0.3) is 0 Å². The summed E-state index contributed by atoms with van der Waals surface area (Å²) in [5, 5.41) is 0. The van der Waals surface area contributed by atoms with Gasteiger partial charge in [-0.05, 0) is 18.9 Å². The molecule has 1 fully saturated rings. The number of aliphatic imine (C=N–C) groups is 1. The standard InChI is InChI=1S/C14H12BrNO4/c15-10-5-9(6-17)12-13(20-8-19-12)11(10)14(16-7-18)3-1-2-4-14/h5-6H,1-4,8H2. The van der Waals surface area contributed by atoms with Crippen LogP contribution in [0.25, 0.3) is 0 Å². The molecule has 0 amide bonds.